The second kappa shape index (κ2) is 8.13. The molecule has 1 fully saturated rings. The summed E-state index contributed by atoms with van der Waals surface area (Å²) in [6, 6.07) is 13.9. The van der Waals surface area contributed by atoms with Crippen LogP contribution in [0, 0.1) is 13.8 Å². The number of rotatable bonds is 4. The Morgan fingerprint density at radius 3 is 2.67 bits per heavy atom. The molecule has 1 heterocycles. The van der Waals surface area contributed by atoms with Crippen LogP contribution in [0.25, 0.3) is 0 Å². The third-order valence-corrected chi connectivity index (χ3v) is 5.24. The predicted molar refractivity (Wildman–Crippen MR) is 107 cm³/mol. The third kappa shape index (κ3) is 4.51. The number of ether oxygens (including phenoxy) is 1. The average Bonchev–Trinajstić information content (AvgIpc) is 2.65. The Labute approximate surface area is 161 Å². The summed E-state index contributed by atoms with van der Waals surface area (Å²) in [5.74, 6) is 1.19. The van der Waals surface area contributed by atoms with E-state index in [9.17, 15) is 9.90 Å². The van der Waals surface area contributed by atoms with E-state index in [2.05, 4.69) is 19.9 Å². The summed E-state index contributed by atoms with van der Waals surface area (Å²) in [6.45, 7) is 9.09. The minimum Gasteiger partial charge on any atom is -0.488 e. The first-order chi connectivity index (χ1) is 12.8. The van der Waals surface area contributed by atoms with Gasteiger partial charge in [0.25, 0.3) is 5.91 Å². The number of piperidine rings is 1. The summed E-state index contributed by atoms with van der Waals surface area (Å²) in [4.78, 5) is 14.6. The van der Waals surface area contributed by atoms with Crippen LogP contribution in [-0.4, -0.2) is 41.2 Å². The van der Waals surface area contributed by atoms with Crippen LogP contribution in [0.2, 0.25) is 0 Å². The van der Waals surface area contributed by atoms with Crippen LogP contribution in [0.3, 0.4) is 0 Å². The monoisotopic (exact) mass is 367 g/mol. The van der Waals surface area contributed by atoms with Gasteiger partial charge >= 0.3 is 0 Å². The zero-order valence-electron chi connectivity index (χ0n) is 16.6. The van der Waals surface area contributed by atoms with E-state index in [-0.39, 0.29) is 12.0 Å². The predicted octanol–water partition coefficient (Wildman–Crippen LogP) is 4.08. The van der Waals surface area contributed by atoms with Crippen molar-refractivity contribution in [3.8, 4) is 5.75 Å². The maximum Gasteiger partial charge on any atom is 0.254 e. The molecule has 1 aliphatic rings. The maximum atomic E-state index is 12.9. The van der Waals surface area contributed by atoms with Crippen LogP contribution in [-0.2, 0) is 0 Å². The van der Waals surface area contributed by atoms with E-state index in [4.69, 9.17) is 4.74 Å². The lowest BCUT2D eigenvalue weighted by Crippen LogP contribution is -2.51. The number of hydrogen-bond acceptors (Lipinski definition) is 3. The Morgan fingerprint density at radius 1 is 1.19 bits per heavy atom. The molecule has 0 radical (unpaired) electrons. The number of carbonyl (C=O) groups is 1. The molecule has 1 amide bonds. The fourth-order valence-electron chi connectivity index (χ4n) is 3.49. The van der Waals surface area contributed by atoms with Gasteiger partial charge in [-0.25, -0.2) is 0 Å². The van der Waals surface area contributed by atoms with Crippen LogP contribution in [0.5, 0.6) is 5.75 Å². The second-order valence-electron chi connectivity index (χ2n) is 7.81. The van der Waals surface area contributed by atoms with Gasteiger partial charge in [0.1, 0.15) is 18.0 Å². The number of carbonyl (C=O) groups excluding carboxylic acids is 1. The first-order valence-corrected chi connectivity index (χ1v) is 9.66. The molecule has 2 atom stereocenters. The van der Waals surface area contributed by atoms with Gasteiger partial charge in [-0.05, 0) is 49.1 Å². The number of amides is 1. The Balaban J connectivity index is 1.66. The van der Waals surface area contributed by atoms with Gasteiger partial charge < -0.3 is 14.7 Å². The molecular weight excluding hydrogens is 338 g/mol. The van der Waals surface area contributed by atoms with Crippen LogP contribution in [0.15, 0.2) is 42.5 Å². The molecule has 27 heavy (non-hydrogen) atoms. The highest BCUT2D eigenvalue weighted by atomic mass is 16.5. The highest BCUT2D eigenvalue weighted by molar-refractivity contribution is 5.96. The first kappa shape index (κ1) is 19.4. The number of β-amino-alcohol motifs (C(OH)–C–C–N with tert-alkyl or cyclic N) is 1. The fraction of sp³-hybridized carbons (Fsp3) is 0.435. The molecule has 4 nitrogen and oxygen atoms in total. The SMILES string of the molecule is Cc1ccc(C)c(C(=O)N2CC[C@@H](Oc3cccc(C(C)C)c3)[C@H](O)C2)c1. The minimum atomic E-state index is -0.699. The lowest BCUT2D eigenvalue weighted by Gasteiger charge is -2.36. The molecule has 4 heteroatoms. The molecule has 0 aromatic heterocycles. The summed E-state index contributed by atoms with van der Waals surface area (Å²) in [5.41, 5.74) is 3.95. The quantitative estimate of drug-likeness (QED) is 0.886. The zero-order chi connectivity index (χ0) is 19.6. The van der Waals surface area contributed by atoms with Crippen molar-refractivity contribution in [2.75, 3.05) is 13.1 Å². The number of hydrogen-bond donors (Lipinski definition) is 1. The number of aliphatic hydroxyl groups is 1. The van der Waals surface area contributed by atoms with E-state index in [1.165, 1.54) is 5.56 Å². The Hall–Kier alpha value is -2.33. The van der Waals surface area contributed by atoms with Crippen LogP contribution in [0.4, 0.5) is 0 Å². The molecule has 3 rings (SSSR count). The topological polar surface area (TPSA) is 49.8 Å². The smallest absolute Gasteiger partial charge is 0.254 e. The molecular formula is C23H29NO3. The first-order valence-electron chi connectivity index (χ1n) is 9.66. The highest BCUT2D eigenvalue weighted by Gasteiger charge is 2.32. The summed E-state index contributed by atoms with van der Waals surface area (Å²) in [6.07, 6.45) is -0.380. The van der Waals surface area contributed by atoms with Gasteiger partial charge in [-0.15, -0.1) is 0 Å². The van der Waals surface area contributed by atoms with Crippen molar-refractivity contribution in [3.63, 3.8) is 0 Å². The Morgan fingerprint density at radius 2 is 1.96 bits per heavy atom. The van der Waals surface area contributed by atoms with E-state index in [0.717, 1.165) is 16.9 Å². The molecule has 0 aliphatic carbocycles. The van der Waals surface area contributed by atoms with Crippen molar-refractivity contribution in [1.82, 2.24) is 4.90 Å². The van der Waals surface area contributed by atoms with Gasteiger partial charge in [0, 0.05) is 18.5 Å². The van der Waals surface area contributed by atoms with Gasteiger partial charge in [-0.1, -0.05) is 43.7 Å². The van der Waals surface area contributed by atoms with Gasteiger partial charge in [0.05, 0.1) is 6.54 Å². The summed E-state index contributed by atoms with van der Waals surface area (Å²) in [5, 5.41) is 10.6. The Bertz CT molecular complexity index is 815. The van der Waals surface area contributed by atoms with Crippen molar-refractivity contribution >= 4 is 5.91 Å². The lowest BCUT2D eigenvalue weighted by atomic mass is 10.0. The third-order valence-electron chi connectivity index (χ3n) is 5.24. The van der Waals surface area contributed by atoms with Crippen LogP contribution < -0.4 is 4.74 Å². The zero-order valence-corrected chi connectivity index (χ0v) is 16.6. The molecule has 144 valence electrons. The van der Waals surface area contributed by atoms with Crippen molar-refractivity contribution in [3.05, 3.63) is 64.7 Å². The molecule has 1 aliphatic heterocycles. The molecule has 2 aromatic rings. The van der Waals surface area contributed by atoms with Gasteiger partial charge in [-0.2, -0.15) is 0 Å². The number of benzene rings is 2. The number of nitrogens with zero attached hydrogens (tertiary/aromatic N) is 1. The van der Waals surface area contributed by atoms with Crippen molar-refractivity contribution < 1.29 is 14.6 Å². The number of aryl methyl sites for hydroxylation is 2. The average molecular weight is 367 g/mol. The molecule has 1 N–H and O–H groups in total. The van der Waals surface area contributed by atoms with Crippen molar-refractivity contribution in [2.24, 2.45) is 0 Å². The fourth-order valence-corrected chi connectivity index (χ4v) is 3.49. The second-order valence-corrected chi connectivity index (χ2v) is 7.81. The van der Waals surface area contributed by atoms with Gasteiger partial charge in [0.2, 0.25) is 0 Å². The molecule has 1 saturated heterocycles. The number of likely N-dealkylation sites (tertiary alicyclic amines) is 1. The van der Waals surface area contributed by atoms with E-state index < -0.39 is 6.10 Å². The summed E-state index contributed by atoms with van der Waals surface area (Å²) < 4.78 is 6.05. The highest BCUT2D eigenvalue weighted by Crippen LogP contribution is 2.25. The van der Waals surface area contributed by atoms with Crippen molar-refractivity contribution in [1.29, 1.82) is 0 Å². The molecule has 0 bridgehead atoms. The molecule has 0 unspecified atom stereocenters. The largest absolute Gasteiger partial charge is 0.488 e. The molecule has 0 saturated carbocycles. The minimum absolute atomic E-state index is 0.0181. The van der Waals surface area contributed by atoms with Crippen molar-refractivity contribution in [2.45, 2.75) is 52.2 Å². The lowest BCUT2D eigenvalue weighted by molar-refractivity contribution is -0.0199. The van der Waals surface area contributed by atoms with E-state index in [1.807, 2.05) is 50.2 Å². The Kier molecular flexibility index (Phi) is 5.85. The number of aliphatic hydroxyl groups excluding tert-OH is 1. The van der Waals surface area contributed by atoms with Gasteiger partial charge in [0.15, 0.2) is 0 Å². The summed E-state index contributed by atoms with van der Waals surface area (Å²) >= 11 is 0. The van der Waals surface area contributed by atoms with Crippen LogP contribution >= 0.6 is 0 Å². The van der Waals surface area contributed by atoms with Crippen LogP contribution in [0.1, 0.15) is 53.2 Å². The summed E-state index contributed by atoms with van der Waals surface area (Å²) in [7, 11) is 0. The van der Waals surface area contributed by atoms with Gasteiger partial charge in [-0.3, -0.25) is 4.79 Å². The normalized spacial score (nSPS) is 20.0. The molecule has 2 aromatic carbocycles. The standard InChI is InChI=1S/C23H29NO3/c1-15(2)18-6-5-7-19(13-18)27-22-10-11-24(14-21(22)25)23(26)20-12-16(3)8-9-17(20)4/h5-9,12-13,15,21-22,25H,10-11,14H2,1-4H3/t21-,22-/m1/s1. The van der Waals surface area contributed by atoms with E-state index >= 15 is 0 Å². The van der Waals surface area contributed by atoms with E-state index in [0.29, 0.717) is 31.0 Å². The van der Waals surface area contributed by atoms with E-state index in [1.54, 1.807) is 4.90 Å². The maximum absolute atomic E-state index is 12.9. The molecule has 0 spiro atoms.